The second kappa shape index (κ2) is 5.93. The predicted molar refractivity (Wildman–Crippen MR) is 83.2 cm³/mol. The molecule has 0 radical (unpaired) electrons. The quantitative estimate of drug-likeness (QED) is 0.313. The van der Waals surface area contributed by atoms with Gasteiger partial charge in [0, 0.05) is 11.3 Å². The molecule has 0 aromatic rings. The van der Waals surface area contributed by atoms with Crippen LogP contribution in [0, 0.1) is 17.3 Å². The summed E-state index contributed by atoms with van der Waals surface area (Å²) in [7, 11) is -3.64. The number of fused-ring (bicyclic) bond motifs is 1. The molecular formula is C16H21F3O6S. The minimum atomic E-state index is -4.90. The number of rotatable bonds is 4. The molecule has 1 saturated heterocycles. The Bertz CT molecular complexity index is 723. The molecule has 3 fully saturated rings. The Balaban J connectivity index is 1.75. The molecule has 6 nitrogen and oxygen atoms in total. The van der Waals surface area contributed by atoms with Gasteiger partial charge in [-0.25, -0.2) is 4.79 Å². The standard InChI is InChI=1S/C16H21F3O6S/c1-7(16(17,18)19)13(20)24-14(15(2,3)4)23-11-8-5-9-10(6-8)26(21,22)25-12(9)11/h8-12,14H,1,5-6H2,2-4H3. The van der Waals surface area contributed by atoms with Crippen molar-refractivity contribution in [2.45, 2.75) is 63.5 Å². The highest BCUT2D eigenvalue weighted by Crippen LogP contribution is 2.56. The lowest BCUT2D eigenvalue weighted by Gasteiger charge is -2.35. The summed E-state index contributed by atoms with van der Waals surface area (Å²) in [5, 5.41) is -0.544. The van der Waals surface area contributed by atoms with E-state index in [1.807, 2.05) is 0 Å². The second-order valence-electron chi connectivity index (χ2n) is 8.17. The Morgan fingerprint density at radius 2 is 1.85 bits per heavy atom. The van der Waals surface area contributed by atoms with Crippen molar-refractivity contribution < 1.29 is 40.0 Å². The maximum atomic E-state index is 12.7. The van der Waals surface area contributed by atoms with Crippen molar-refractivity contribution in [1.82, 2.24) is 0 Å². The summed E-state index contributed by atoms with van der Waals surface area (Å²) in [4.78, 5) is 11.8. The first kappa shape index (κ1) is 19.6. The summed E-state index contributed by atoms with van der Waals surface area (Å²) in [6, 6.07) is 0. The number of hydrogen-bond acceptors (Lipinski definition) is 6. The van der Waals surface area contributed by atoms with E-state index in [-0.39, 0.29) is 11.8 Å². The molecule has 26 heavy (non-hydrogen) atoms. The lowest BCUT2D eigenvalue weighted by molar-refractivity contribution is -0.232. The van der Waals surface area contributed by atoms with Crippen LogP contribution in [0.25, 0.3) is 0 Å². The zero-order valence-electron chi connectivity index (χ0n) is 14.6. The smallest absolute Gasteiger partial charge is 0.422 e. The Hall–Kier alpha value is -1.13. The van der Waals surface area contributed by atoms with Crippen molar-refractivity contribution >= 4 is 16.1 Å². The molecule has 1 aliphatic heterocycles. The first-order chi connectivity index (χ1) is 11.7. The second-order valence-corrected chi connectivity index (χ2v) is 9.95. The van der Waals surface area contributed by atoms with Crippen LogP contribution >= 0.6 is 0 Å². The monoisotopic (exact) mass is 398 g/mol. The van der Waals surface area contributed by atoms with Gasteiger partial charge in [-0.3, -0.25) is 4.18 Å². The fourth-order valence-corrected chi connectivity index (χ4v) is 5.79. The van der Waals surface area contributed by atoms with Gasteiger partial charge in [-0.1, -0.05) is 27.4 Å². The molecule has 0 aromatic heterocycles. The van der Waals surface area contributed by atoms with Crippen molar-refractivity contribution in [2.24, 2.45) is 17.3 Å². The van der Waals surface area contributed by atoms with Gasteiger partial charge in [-0.2, -0.15) is 21.6 Å². The lowest BCUT2D eigenvalue weighted by Crippen LogP contribution is -2.44. The van der Waals surface area contributed by atoms with Gasteiger partial charge < -0.3 is 9.47 Å². The summed E-state index contributed by atoms with van der Waals surface area (Å²) in [6.07, 6.45) is -6.54. The van der Waals surface area contributed by atoms with Gasteiger partial charge in [0.25, 0.3) is 10.1 Å². The molecule has 1 heterocycles. The first-order valence-corrected chi connectivity index (χ1v) is 9.73. The van der Waals surface area contributed by atoms with E-state index in [0.29, 0.717) is 12.8 Å². The molecule has 10 heteroatoms. The fraction of sp³-hybridized carbons (Fsp3) is 0.812. The van der Waals surface area contributed by atoms with Crippen molar-refractivity contribution in [3.05, 3.63) is 12.2 Å². The van der Waals surface area contributed by atoms with Crippen LogP contribution in [0.4, 0.5) is 13.2 Å². The third-order valence-electron chi connectivity index (χ3n) is 5.20. The van der Waals surface area contributed by atoms with Gasteiger partial charge >= 0.3 is 12.1 Å². The number of carbonyl (C=O) groups excluding carboxylic acids is 1. The van der Waals surface area contributed by atoms with Gasteiger partial charge in [0.05, 0.1) is 11.4 Å². The van der Waals surface area contributed by atoms with Crippen LogP contribution in [-0.2, 0) is 28.6 Å². The molecular weight excluding hydrogens is 377 g/mol. The van der Waals surface area contributed by atoms with Crippen LogP contribution in [0.3, 0.4) is 0 Å². The Labute approximate surface area is 149 Å². The van der Waals surface area contributed by atoms with Crippen LogP contribution in [0.15, 0.2) is 12.2 Å². The van der Waals surface area contributed by atoms with E-state index in [1.54, 1.807) is 20.8 Å². The Morgan fingerprint density at radius 1 is 1.23 bits per heavy atom. The predicted octanol–water partition coefficient (Wildman–Crippen LogP) is 2.54. The summed E-state index contributed by atoms with van der Waals surface area (Å²) in [5.74, 6) is -1.89. The van der Waals surface area contributed by atoms with Crippen LogP contribution in [0.1, 0.15) is 33.6 Å². The van der Waals surface area contributed by atoms with Gasteiger partial charge in [-0.15, -0.1) is 0 Å². The number of alkyl halides is 3. The largest absolute Gasteiger partial charge is 0.432 e. The molecule has 148 valence electrons. The molecule has 0 N–H and O–H groups in total. The van der Waals surface area contributed by atoms with Gasteiger partial charge in [0.15, 0.2) is 0 Å². The molecule has 0 spiro atoms. The first-order valence-electron chi connectivity index (χ1n) is 8.26. The molecule has 2 saturated carbocycles. The third-order valence-corrected chi connectivity index (χ3v) is 6.98. The molecule has 2 aliphatic carbocycles. The van der Waals surface area contributed by atoms with Crippen molar-refractivity contribution in [3.63, 3.8) is 0 Å². The van der Waals surface area contributed by atoms with E-state index >= 15 is 0 Å². The van der Waals surface area contributed by atoms with Crippen molar-refractivity contribution in [1.29, 1.82) is 0 Å². The zero-order valence-corrected chi connectivity index (χ0v) is 15.4. The topological polar surface area (TPSA) is 78.9 Å². The number of hydrogen-bond donors (Lipinski definition) is 0. The molecule has 3 rings (SSSR count). The van der Waals surface area contributed by atoms with Crippen molar-refractivity contribution in [2.75, 3.05) is 0 Å². The molecule has 3 aliphatic rings. The maximum Gasteiger partial charge on any atom is 0.422 e. The summed E-state index contributed by atoms with van der Waals surface area (Å²) >= 11 is 0. The van der Waals surface area contributed by atoms with Crippen LogP contribution in [0.5, 0.6) is 0 Å². The van der Waals surface area contributed by atoms with E-state index in [4.69, 9.17) is 13.7 Å². The molecule has 2 bridgehead atoms. The lowest BCUT2D eigenvalue weighted by atomic mass is 9.92. The van der Waals surface area contributed by atoms with E-state index in [0.717, 1.165) is 0 Å². The summed E-state index contributed by atoms with van der Waals surface area (Å²) in [5.41, 5.74) is -2.46. The molecule has 0 aromatic carbocycles. The van der Waals surface area contributed by atoms with Gasteiger partial charge in [-0.05, 0) is 18.8 Å². The average Bonchev–Trinajstić information content (AvgIpc) is 3.07. The van der Waals surface area contributed by atoms with Crippen LogP contribution < -0.4 is 0 Å². The average molecular weight is 398 g/mol. The number of esters is 1. The van der Waals surface area contributed by atoms with Gasteiger partial charge in [0.1, 0.15) is 11.7 Å². The molecule has 0 amide bonds. The Kier molecular flexibility index (Phi) is 4.48. The Morgan fingerprint density at radius 3 is 2.38 bits per heavy atom. The van der Waals surface area contributed by atoms with Crippen molar-refractivity contribution in [3.8, 4) is 0 Å². The highest BCUT2D eigenvalue weighted by Gasteiger charge is 2.65. The van der Waals surface area contributed by atoms with E-state index < -0.39 is 57.0 Å². The normalized spacial score (nSPS) is 36.2. The maximum absolute atomic E-state index is 12.7. The highest BCUT2D eigenvalue weighted by atomic mass is 32.2. The fourth-order valence-electron chi connectivity index (χ4n) is 3.90. The zero-order chi connectivity index (χ0) is 19.7. The van der Waals surface area contributed by atoms with Crippen LogP contribution in [0.2, 0.25) is 0 Å². The minimum absolute atomic E-state index is 0.0957. The van der Waals surface area contributed by atoms with E-state index in [1.165, 1.54) is 0 Å². The summed E-state index contributed by atoms with van der Waals surface area (Å²) < 4.78 is 77.9. The highest BCUT2D eigenvalue weighted by molar-refractivity contribution is 7.87. The van der Waals surface area contributed by atoms with Crippen LogP contribution in [-0.4, -0.2) is 44.3 Å². The SMILES string of the molecule is C=C(C(=O)OC(OC1C2CC3C1OS(=O)(=O)C3C2)C(C)(C)C)C(F)(F)F. The van der Waals surface area contributed by atoms with E-state index in [2.05, 4.69) is 6.58 Å². The molecule has 6 atom stereocenters. The third kappa shape index (κ3) is 3.27. The van der Waals surface area contributed by atoms with Gasteiger partial charge in [0.2, 0.25) is 6.29 Å². The number of carbonyl (C=O) groups is 1. The minimum Gasteiger partial charge on any atom is -0.432 e. The number of ether oxygens (including phenoxy) is 2. The van der Waals surface area contributed by atoms with E-state index in [9.17, 15) is 26.4 Å². The number of halogens is 3. The summed E-state index contributed by atoms with van der Waals surface area (Å²) in [6.45, 7) is 7.66. The molecule has 6 unspecified atom stereocenters.